The fourth-order valence-corrected chi connectivity index (χ4v) is 4.75. The lowest BCUT2D eigenvalue weighted by Gasteiger charge is -2.25. The number of nitro groups is 1. The lowest BCUT2D eigenvalue weighted by Crippen LogP contribution is -2.25. The fourth-order valence-electron chi connectivity index (χ4n) is 4.75. The van der Waals surface area contributed by atoms with E-state index in [0.717, 1.165) is 18.8 Å². The second-order valence-corrected chi connectivity index (χ2v) is 10.1. The maximum Gasteiger partial charge on any atom is 0.271 e. The zero-order chi connectivity index (χ0) is 24.7. The highest BCUT2D eigenvalue weighted by molar-refractivity contribution is 5.53. The van der Waals surface area contributed by atoms with E-state index in [2.05, 4.69) is 18.7 Å². The third-order valence-electron chi connectivity index (χ3n) is 6.97. The molecule has 0 saturated carbocycles. The first-order valence-corrected chi connectivity index (χ1v) is 14.7. The molecule has 1 aromatic carbocycles. The molecule has 0 radical (unpaired) electrons. The molecule has 1 aromatic rings. The van der Waals surface area contributed by atoms with Gasteiger partial charge in [-0.2, -0.15) is 0 Å². The molecule has 0 aliphatic carbocycles. The Balaban J connectivity index is 2.31. The highest BCUT2D eigenvalue weighted by Gasteiger charge is 2.11. The van der Waals surface area contributed by atoms with Crippen molar-refractivity contribution in [3.05, 3.63) is 34.4 Å². The molecule has 4 heteroatoms. The molecule has 0 aromatic heterocycles. The number of nitrogens with zero attached hydrogens (tertiary/aromatic N) is 2. The number of hydrogen-bond donors (Lipinski definition) is 0. The molecule has 0 fully saturated rings. The maximum absolute atomic E-state index is 11.3. The topological polar surface area (TPSA) is 46.4 Å². The van der Waals surface area contributed by atoms with Crippen molar-refractivity contribution in [2.75, 3.05) is 18.0 Å². The van der Waals surface area contributed by atoms with Crippen LogP contribution in [-0.4, -0.2) is 18.0 Å². The van der Waals surface area contributed by atoms with E-state index in [1.807, 2.05) is 12.1 Å². The molecule has 1 rings (SSSR count). The number of unbranched alkanes of at least 4 members (excludes halogenated alkanes) is 18. The summed E-state index contributed by atoms with van der Waals surface area (Å²) in [5, 5.41) is 11.3. The number of benzene rings is 1. The van der Waals surface area contributed by atoms with Crippen LogP contribution in [0.3, 0.4) is 0 Å². The van der Waals surface area contributed by atoms with Crippen LogP contribution >= 0.6 is 0 Å². The van der Waals surface area contributed by atoms with E-state index in [1.165, 1.54) is 128 Å². The fraction of sp³-hybridized carbons (Fsp3) is 0.800. The molecule has 0 spiro atoms. The minimum absolute atomic E-state index is 0.202. The molecule has 0 aliphatic rings. The first kappa shape index (κ1) is 30.5. The average molecular weight is 475 g/mol. The third kappa shape index (κ3) is 16.1. The largest absolute Gasteiger partial charge is 0.371 e. The number of anilines is 1. The zero-order valence-corrected chi connectivity index (χ0v) is 22.6. The van der Waals surface area contributed by atoms with Gasteiger partial charge in [0.2, 0.25) is 0 Å². The van der Waals surface area contributed by atoms with Crippen LogP contribution in [0.25, 0.3) is 0 Å². The highest BCUT2D eigenvalue weighted by Crippen LogP contribution is 2.23. The average Bonchev–Trinajstić information content (AvgIpc) is 2.85. The van der Waals surface area contributed by atoms with Crippen molar-refractivity contribution in [2.45, 2.75) is 142 Å². The summed E-state index contributed by atoms with van der Waals surface area (Å²) >= 11 is 0. The molecule has 0 bridgehead atoms. The molecule has 0 heterocycles. The van der Waals surface area contributed by atoms with Crippen molar-refractivity contribution in [3.8, 4) is 0 Å². The van der Waals surface area contributed by atoms with Gasteiger partial charge in [-0.05, 0) is 18.9 Å². The summed E-state index contributed by atoms with van der Waals surface area (Å²) in [5.41, 5.74) is 1.22. The van der Waals surface area contributed by atoms with Crippen molar-refractivity contribution >= 4 is 11.4 Å². The van der Waals surface area contributed by atoms with E-state index in [0.29, 0.717) is 0 Å². The monoisotopic (exact) mass is 474 g/mol. The molecule has 4 nitrogen and oxygen atoms in total. The van der Waals surface area contributed by atoms with Crippen LogP contribution < -0.4 is 4.90 Å². The zero-order valence-electron chi connectivity index (χ0n) is 22.6. The standard InChI is InChI=1S/C30H54N2O2/c1-3-5-7-9-11-13-15-17-19-21-26-31(29-24-23-25-30(28-29)32(33)34)27-22-20-18-16-14-12-10-8-6-4-2/h23-25,28H,3-22,26-27H2,1-2H3. The van der Waals surface area contributed by atoms with Crippen molar-refractivity contribution in [3.63, 3.8) is 0 Å². The van der Waals surface area contributed by atoms with Crippen molar-refractivity contribution in [1.82, 2.24) is 0 Å². The van der Waals surface area contributed by atoms with E-state index in [1.54, 1.807) is 12.1 Å². The van der Waals surface area contributed by atoms with Crippen molar-refractivity contribution in [2.24, 2.45) is 0 Å². The molecule has 0 unspecified atom stereocenters. The Hall–Kier alpha value is -1.58. The van der Waals surface area contributed by atoms with Crippen LogP contribution in [-0.2, 0) is 0 Å². The smallest absolute Gasteiger partial charge is 0.271 e. The summed E-state index contributed by atoms with van der Waals surface area (Å²) in [7, 11) is 0. The van der Waals surface area contributed by atoms with Gasteiger partial charge in [0.25, 0.3) is 5.69 Å². The van der Waals surface area contributed by atoms with Gasteiger partial charge in [-0.1, -0.05) is 135 Å². The van der Waals surface area contributed by atoms with Crippen LogP contribution in [0.5, 0.6) is 0 Å². The summed E-state index contributed by atoms with van der Waals surface area (Å²) in [6.07, 6.45) is 26.7. The second kappa shape index (κ2) is 21.9. The van der Waals surface area contributed by atoms with E-state index in [9.17, 15) is 10.1 Å². The Morgan fingerprint density at radius 1 is 0.618 bits per heavy atom. The quantitative estimate of drug-likeness (QED) is 0.0850. The second-order valence-electron chi connectivity index (χ2n) is 10.1. The summed E-state index contributed by atoms with van der Waals surface area (Å²) in [6.45, 7) is 6.56. The molecular weight excluding hydrogens is 420 g/mol. The van der Waals surface area contributed by atoms with Gasteiger partial charge in [0.05, 0.1) is 4.92 Å². The third-order valence-corrected chi connectivity index (χ3v) is 6.97. The van der Waals surface area contributed by atoms with Crippen LogP contribution in [0.1, 0.15) is 142 Å². The van der Waals surface area contributed by atoms with E-state index >= 15 is 0 Å². The normalized spacial score (nSPS) is 11.1. The molecule has 196 valence electrons. The predicted molar refractivity (Wildman–Crippen MR) is 149 cm³/mol. The molecule has 0 N–H and O–H groups in total. The Kier molecular flexibility index (Phi) is 19.6. The first-order chi connectivity index (χ1) is 16.7. The van der Waals surface area contributed by atoms with Gasteiger partial charge in [0.1, 0.15) is 0 Å². The van der Waals surface area contributed by atoms with Crippen molar-refractivity contribution < 1.29 is 4.92 Å². The molecule has 34 heavy (non-hydrogen) atoms. The van der Waals surface area contributed by atoms with Gasteiger partial charge in [0, 0.05) is 30.9 Å². The van der Waals surface area contributed by atoms with E-state index in [4.69, 9.17) is 0 Å². The number of nitro benzene ring substituents is 1. The Morgan fingerprint density at radius 2 is 1.00 bits per heavy atom. The molecule has 0 atom stereocenters. The highest BCUT2D eigenvalue weighted by atomic mass is 16.6. The maximum atomic E-state index is 11.3. The lowest BCUT2D eigenvalue weighted by molar-refractivity contribution is -0.384. The summed E-state index contributed by atoms with van der Waals surface area (Å²) in [4.78, 5) is 13.4. The number of rotatable bonds is 24. The molecule has 0 aliphatic heterocycles. The Labute approximate surface area is 211 Å². The summed E-state index contributed by atoms with van der Waals surface area (Å²) in [6, 6.07) is 7.23. The molecule has 0 saturated heterocycles. The minimum Gasteiger partial charge on any atom is -0.371 e. The van der Waals surface area contributed by atoms with E-state index in [-0.39, 0.29) is 10.6 Å². The Bertz CT molecular complexity index is 581. The summed E-state index contributed by atoms with van der Waals surface area (Å²) < 4.78 is 0. The summed E-state index contributed by atoms with van der Waals surface area (Å²) in [5.74, 6) is 0. The Morgan fingerprint density at radius 3 is 1.38 bits per heavy atom. The van der Waals surface area contributed by atoms with Gasteiger partial charge in [-0.25, -0.2) is 0 Å². The lowest BCUT2D eigenvalue weighted by atomic mass is 10.1. The van der Waals surface area contributed by atoms with Crippen LogP contribution in [0.2, 0.25) is 0 Å². The van der Waals surface area contributed by atoms with Crippen LogP contribution in [0, 0.1) is 10.1 Å². The number of non-ortho nitro benzene ring substituents is 1. The van der Waals surface area contributed by atoms with Crippen LogP contribution in [0.4, 0.5) is 11.4 Å². The first-order valence-electron chi connectivity index (χ1n) is 14.7. The van der Waals surface area contributed by atoms with Gasteiger partial charge >= 0.3 is 0 Å². The molecular formula is C30H54N2O2. The SMILES string of the molecule is CCCCCCCCCCCCN(CCCCCCCCCCCC)c1cccc([N+](=O)[O-])c1. The van der Waals surface area contributed by atoms with E-state index < -0.39 is 0 Å². The van der Waals surface area contributed by atoms with Crippen molar-refractivity contribution in [1.29, 1.82) is 0 Å². The van der Waals surface area contributed by atoms with Gasteiger partial charge in [0.15, 0.2) is 0 Å². The van der Waals surface area contributed by atoms with Gasteiger partial charge in [-0.15, -0.1) is 0 Å². The van der Waals surface area contributed by atoms with Crippen LogP contribution in [0.15, 0.2) is 24.3 Å². The number of hydrogen-bond acceptors (Lipinski definition) is 3. The van der Waals surface area contributed by atoms with Gasteiger partial charge in [-0.3, -0.25) is 10.1 Å². The predicted octanol–water partition coefficient (Wildman–Crippen LogP) is 10.2. The minimum atomic E-state index is -0.275. The van der Waals surface area contributed by atoms with Gasteiger partial charge < -0.3 is 4.90 Å². The molecule has 0 amide bonds.